The molecule has 10 nitrogen and oxygen atoms in total. The van der Waals surface area contributed by atoms with Crippen molar-refractivity contribution < 1.29 is 19.5 Å². The maximum atomic E-state index is 11.9. The minimum Gasteiger partial charge on any atom is -0.380 e. The molecule has 26 heavy (non-hydrogen) atoms. The zero-order chi connectivity index (χ0) is 19.3. The molecule has 0 heterocycles. The first kappa shape index (κ1) is 18.5. The Hall–Kier alpha value is -3.82. The van der Waals surface area contributed by atoms with Gasteiger partial charge in [0, 0.05) is 17.2 Å². The highest BCUT2D eigenvalue weighted by Gasteiger charge is 2.21. The van der Waals surface area contributed by atoms with Gasteiger partial charge in [-0.1, -0.05) is 28.9 Å². The number of hydrogen-bond donors (Lipinski definition) is 1. The summed E-state index contributed by atoms with van der Waals surface area (Å²) in [6, 6.07) is 10.0. The van der Waals surface area contributed by atoms with Crippen LogP contribution in [0.15, 0.2) is 47.6 Å². The quantitative estimate of drug-likeness (QED) is 0.273. The molecule has 0 saturated carbocycles. The maximum absolute atomic E-state index is 11.9. The van der Waals surface area contributed by atoms with Crippen LogP contribution in [0, 0.1) is 27.2 Å². The van der Waals surface area contributed by atoms with E-state index in [2.05, 4.69) is 9.99 Å². The molecule has 0 amide bonds. The Labute approximate surface area is 147 Å². The number of non-ortho nitro benzene ring substituents is 1. The third-order valence-electron chi connectivity index (χ3n) is 3.37. The van der Waals surface area contributed by atoms with Gasteiger partial charge in [-0.05, 0) is 19.1 Å². The second-order valence-electron chi connectivity index (χ2n) is 5.31. The number of carbonyl (C=O) groups excluding carboxylic acids is 1. The van der Waals surface area contributed by atoms with Gasteiger partial charge in [0.2, 0.25) is 0 Å². The van der Waals surface area contributed by atoms with Gasteiger partial charge < -0.3 is 10.6 Å². The fourth-order valence-corrected chi connectivity index (χ4v) is 2.13. The molecule has 0 atom stereocenters. The van der Waals surface area contributed by atoms with E-state index in [1.54, 1.807) is 18.2 Å². The van der Waals surface area contributed by atoms with Crippen molar-refractivity contribution in [2.24, 2.45) is 10.9 Å². The molecule has 0 radical (unpaired) electrons. The minimum atomic E-state index is -0.891. The van der Waals surface area contributed by atoms with Gasteiger partial charge in [-0.25, -0.2) is 4.79 Å². The van der Waals surface area contributed by atoms with Crippen LogP contribution in [0.4, 0.5) is 11.4 Å². The molecule has 0 aliphatic rings. The standard InChI is InChI=1S/C16H14N4O6/c1-10-3-2-4-12(7-10)16(17)18-26-15(21)8-11-5-6-13(19(22)23)9-14(11)20(24)25/h2-7,9H,8H2,1H3,(H2,17,18). The number of nitro groups is 2. The largest absolute Gasteiger partial charge is 0.380 e. The summed E-state index contributed by atoms with van der Waals surface area (Å²) in [5.41, 5.74) is 6.19. The number of carbonyl (C=O) groups is 1. The number of rotatable bonds is 6. The van der Waals surface area contributed by atoms with Gasteiger partial charge in [-0.3, -0.25) is 20.2 Å². The average Bonchev–Trinajstić information content (AvgIpc) is 2.59. The normalized spacial score (nSPS) is 11.0. The van der Waals surface area contributed by atoms with Crippen molar-refractivity contribution in [3.63, 3.8) is 0 Å². The van der Waals surface area contributed by atoms with E-state index in [-0.39, 0.29) is 11.4 Å². The van der Waals surface area contributed by atoms with Crippen LogP contribution in [0.5, 0.6) is 0 Å². The first-order chi connectivity index (χ1) is 12.3. The predicted molar refractivity (Wildman–Crippen MR) is 91.5 cm³/mol. The second-order valence-corrected chi connectivity index (χ2v) is 5.31. The summed E-state index contributed by atoms with van der Waals surface area (Å²) >= 11 is 0. The minimum absolute atomic E-state index is 0.0275. The Bertz CT molecular complexity index is 909. The number of nitrogens with zero attached hydrogens (tertiary/aromatic N) is 3. The first-order valence-corrected chi connectivity index (χ1v) is 7.30. The zero-order valence-corrected chi connectivity index (χ0v) is 13.6. The summed E-state index contributed by atoms with van der Waals surface area (Å²) < 4.78 is 0. The second kappa shape index (κ2) is 7.83. The van der Waals surface area contributed by atoms with Crippen molar-refractivity contribution in [1.82, 2.24) is 0 Å². The third kappa shape index (κ3) is 4.60. The molecule has 0 saturated heterocycles. The average molecular weight is 358 g/mol. The van der Waals surface area contributed by atoms with Crippen LogP contribution >= 0.6 is 0 Å². The Morgan fingerprint density at radius 2 is 1.88 bits per heavy atom. The predicted octanol–water partition coefficient (Wildman–Crippen LogP) is 2.22. The van der Waals surface area contributed by atoms with Gasteiger partial charge in [-0.2, -0.15) is 0 Å². The first-order valence-electron chi connectivity index (χ1n) is 7.30. The van der Waals surface area contributed by atoms with Gasteiger partial charge in [0.05, 0.1) is 22.3 Å². The highest BCUT2D eigenvalue weighted by molar-refractivity contribution is 5.97. The number of aryl methyl sites for hydroxylation is 1. The molecule has 0 spiro atoms. The molecule has 0 aliphatic carbocycles. The van der Waals surface area contributed by atoms with Gasteiger partial charge >= 0.3 is 5.97 Å². The van der Waals surface area contributed by atoms with Crippen molar-refractivity contribution in [3.05, 3.63) is 79.4 Å². The van der Waals surface area contributed by atoms with Crippen LogP contribution in [0.3, 0.4) is 0 Å². The summed E-state index contributed by atoms with van der Waals surface area (Å²) in [6.45, 7) is 1.86. The van der Waals surface area contributed by atoms with Crippen LogP contribution < -0.4 is 5.73 Å². The van der Waals surface area contributed by atoms with Gasteiger partial charge in [0.25, 0.3) is 11.4 Å². The topological polar surface area (TPSA) is 151 Å². The molecule has 2 aromatic carbocycles. The number of oxime groups is 1. The lowest BCUT2D eigenvalue weighted by Crippen LogP contribution is -2.16. The number of hydrogen-bond acceptors (Lipinski definition) is 7. The smallest absolute Gasteiger partial charge is 0.339 e. The van der Waals surface area contributed by atoms with Gasteiger partial charge in [0.15, 0.2) is 5.84 Å². The van der Waals surface area contributed by atoms with Crippen molar-refractivity contribution in [2.75, 3.05) is 0 Å². The Balaban J connectivity index is 2.13. The molecule has 0 fully saturated rings. The Morgan fingerprint density at radius 3 is 2.50 bits per heavy atom. The maximum Gasteiger partial charge on any atom is 0.339 e. The number of amidine groups is 1. The van der Waals surface area contributed by atoms with Crippen LogP contribution in [0.1, 0.15) is 16.7 Å². The highest BCUT2D eigenvalue weighted by atomic mass is 16.7. The molecule has 10 heteroatoms. The summed E-state index contributed by atoms with van der Waals surface area (Å²) in [5, 5.41) is 25.3. The van der Waals surface area contributed by atoms with E-state index >= 15 is 0 Å². The molecule has 0 unspecified atom stereocenters. The monoisotopic (exact) mass is 358 g/mol. The zero-order valence-electron chi connectivity index (χ0n) is 13.6. The third-order valence-corrected chi connectivity index (χ3v) is 3.37. The number of nitro benzene ring substituents is 2. The number of nitrogens with two attached hydrogens (primary N) is 1. The summed E-state index contributed by atoms with van der Waals surface area (Å²) in [4.78, 5) is 36.7. The fourth-order valence-electron chi connectivity index (χ4n) is 2.13. The van der Waals surface area contributed by atoms with E-state index in [0.29, 0.717) is 5.56 Å². The lowest BCUT2D eigenvalue weighted by molar-refractivity contribution is -0.394. The van der Waals surface area contributed by atoms with Crippen molar-refractivity contribution in [1.29, 1.82) is 0 Å². The van der Waals surface area contributed by atoms with Crippen molar-refractivity contribution >= 4 is 23.2 Å². The molecule has 2 aromatic rings. The van der Waals surface area contributed by atoms with E-state index < -0.39 is 33.6 Å². The molecule has 134 valence electrons. The van der Waals surface area contributed by atoms with Crippen LogP contribution in [-0.4, -0.2) is 21.7 Å². The summed E-state index contributed by atoms with van der Waals surface area (Å²) in [7, 11) is 0. The van der Waals surface area contributed by atoms with Crippen LogP contribution in [0.2, 0.25) is 0 Å². The number of benzene rings is 2. The van der Waals surface area contributed by atoms with Gasteiger partial charge in [-0.15, -0.1) is 0 Å². The van der Waals surface area contributed by atoms with E-state index in [1.807, 2.05) is 13.0 Å². The molecule has 2 N–H and O–H groups in total. The summed E-state index contributed by atoms with van der Waals surface area (Å²) in [6.07, 6.45) is -0.487. The van der Waals surface area contributed by atoms with Crippen molar-refractivity contribution in [2.45, 2.75) is 13.3 Å². The van der Waals surface area contributed by atoms with E-state index in [0.717, 1.165) is 23.8 Å². The Kier molecular flexibility index (Phi) is 5.58. The van der Waals surface area contributed by atoms with E-state index in [1.165, 1.54) is 0 Å². The molecule has 0 bridgehead atoms. The lowest BCUT2D eigenvalue weighted by Gasteiger charge is -2.03. The van der Waals surface area contributed by atoms with Crippen molar-refractivity contribution in [3.8, 4) is 0 Å². The SMILES string of the molecule is Cc1cccc(/C(N)=N\OC(=O)Cc2ccc([N+](=O)[O-])cc2[N+](=O)[O-])c1. The lowest BCUT2D eigenvalue weighted by atomic mass is 10.1. The summed E-state index contributed by atoms with van der Waals surface area (Å²) in [5.74, 6) is -0.919. The van der Waals surface area contributed by atoms with Gasteiger partial charge in [0.1, 0.15) is 0 Å². The molecular weight excluding hydrogens is 344 g/mol. The van der Waals surface area contributed by atoms with E-state index in [4.69, 9.17) is 5.73 Å². The highest BCUT2D eigenvalue weighted by Crippen LogP contribution is 2.25. The fraction of sp³-hybridized carbons (Fsp3) is 0.125. The molecule has 0 aromatic heterocycles. The molecule has 0 aliphatic heterocycles. The van der Waals surface area contributed by atoms with Crippen LogP contribution in [-0.2, 0) is 16.1 Å². The molecule has 2 rings (SSSR count). The Morgan fingerprint density at radius 1 is 1.15 bits per heavy atom. The van der Waals surface area contributed by atoms with E-state index in [9.17, 15) is 25.0 Å². The molecular formula is C16H14N4O6. The van der Waals surface area contributed by atoms with Crippen LogP contribution in [0.25, 0.3) is 0 Å².